The van der Waals surface area contributed by atoms with Crippen molar-refractivity contribution in [1.82, 2.24) is 14.5 Å². The van der Waals surface area contributed by atoms with E-state index in [0.29, 0.717) is 13.1 Å². The normalized spacial score (nSPS) is 24.2. The first kappa shape index (κ1) is 10.6. The maximum Gasteiger partial charge on any atom is 0.211 e. The fourth-order valence-corrected chi connectivity index (χ4v) is 2.90. The van der Waals surface area contributed by atoms with Gasteiger partial charge in [-0.1, -0.05) is 0 Å². The first-order valence-electron chi connectivity index (χ1n) is 5.02. The van der Waals surface area contributed by atoms with Gasteiger partial charge in [0.1, 0.15) is 0 Å². The Balaban J connectivity index is 2.12. The number of hydrogen-bond acceptors (Lipinski definition) is 3. The Morgan fingerprint density at radius 1 is 1.60 bits per heavy atom. The standard InChI is InChI=1S/C9H15N3O2S/c1-15(13,14)12-6-2-3-8(7-12)9-4-5-10-11-9/h4-5,8H,2-3,6-7H2,1H3,(H,10,11). The molecule has 0 amide bonds. The van der Waals surface area contributed by atoms with Crippen molar-refractivity contribution in [3.8, 4) is 0 Å². The van der Waals surface area contributed by atoms with E-state index in [0.717, 1.165) is 18.5 Å². The van der Waals surface area contributed by atoms with Crippen LogP contribution in [-0.4, -0.2) is 42.3 Å². The summed E-state index contributed by atoms with van der Waals surface area (Å²) < 4.78 is 24.3. The Bertz CT molecular complexity index is 413. The van der Waals surface area contributed by atoms with Gasteiger partial charge in [-0.25, -0.2) is 12.7 Å². The van der Waals surface area contributed by atoms with Crippen molar-refractivity contribution in [2.24, 2.45) is 0 Å². The van der Waals surface area contributed by atoms with Crippen molar-refractivity contribution in [3.63, 3.8) is 0 Å². The third kappa shape index (κ3) is 2.38. The largest absolute Gasteiger partial charge is 0.282 e. The van der Waals surface area contributed by atoms with Gasteiger partial charge >= 0.3 is 0 Å². The number of piperidine rings is 1. The van der Waals surface area contributed by atoms with Gasteiger partial charge in [0, 0.05) is 30.9 Å². The molecule has 1 aromatic rings. The van der Waals surface area contributed by atoms with Gasteiger partial charge in [0.2, 0.25) is 10.0 Å². The molecule has 1 aliphatic rings. The smallest absolute Gasteiger partial charge is 0.211 e. The summed E-state index contributed by atoms with van der Waals surface area (Å²) in [6, 6.07) is 1.91. The summed E-state index contributed by atoms with van der Waals surface area (Å²) in [5, 5.41) is 6.80. The maximum absolute atomic E-state index is 11.4. The highest BCUT2D eigenvalue weighted by molar-refractivity contribution is 7.88. The highest BCUT2D eigenvalue weighted by Crippen LogP contribution is 2.26. The van der Waals surface area contributed by atoms with Gasteiger partial charge in [-0.3, -0.25) is 5.10 Å². The highest BCUT2D eigenvalue weighted by Gasteiger charge is 2.27. The minimum atomic E-state index is -3.05. The molecule has 2 rings (SSSR count). The lowest BCUT2D eigenvalue weighted by atomic mass is 9.96. The Morgan fingerprint density at radius 2 is 2.40 bits per heavy atom. The molecular formula is C9H15N3O2S. The van der Waals surface area contributed by atoms with Crippen LogP contribution in [0.3, 0.4) is 0 Å². The Labute approximate surface area is 89.5 Å². The number of nitrogens with one attached hydrogen (secondary N) is 1. The third-order valence-corrected chi connectivity index (χ3v) is 4.08. The summed E-state index contributed by atoms with van der Waals surface area (Å²) in [4.78, 5) is 0. The summed E-state index contributed by atoms with van der Waals surface area (Å²) in [7, 11) is -3.05. The van der Waals surface area contributed by atoms with Crippen LogP contribution in [0.5, 0.6) is 0 Å². The zero-order chi connectivity index (χ0) is 10.9. The van der Waals surface area contributed by atoms with Crippen LogP contribution in [-0.2, 0) is 10.0 Å². The number of sulfonamides is 1. The van der Waals surface area contributed by atoms with E-state index in [1.54, 1.807) is 10.5 Å². The predicted molar refractivity (Wildman–Crippen MR) is 57.0 cm³/mol. The molecule has 1 atom stereocenters. The van der Waals surface area contributed by atoms with Crippen LogP contribution in [0.25, 0.3) is 0 Å². The molecule has 0 spiro atoms. The molecule has 5 nitrogen and oxygen atoms in total. The SMILES string of the molecule is CS(=O)(=O)N1CCCC(c2ccn[nH]2)C1. The first-order chi connectivity index (χ1) is 7.07. The van der Waals surface area contributed by atoms with Gasteiger partial charge in [0.25, 0.3) is 0 Å². The molecule has 1 fully saturated rings. The number of aromatic amines is 1. The topological polar surface area (TPSA) is 66.1 Å². The Morgan fingerprint density at radius 3 is 3.00 bits per heavy atom. The van der Waals surface area contributed by atoms with E-state index in [-0.39, 0.29) is 5.92 Å². The summed E-state index contributed by atoms with van der Waals surface area (Å²) in [6.45, 7) is 1.21. The molecule has 2 heterocycles. The molecule has 84 valence electrons. The molecule has 15 heavy (non-hydrogen) atoms. The van der Waals surface area contributed by atoms with Gasteiger partial charge in [0.05, 0.1) is 6.26 Å². The first-order valence-corrected chi connectivity index (χ1v) is 6.86. The lowest BCUT2D eigenvalue weighted by Gasteiger charge is -2.30. The van der Waals surface area contributed by atoms with E-state index in [9.17, 15) is 8.42 Å². The zero-order valence-electron chi connectivity index (χ0n) is 8.68. The number of nitrogens with zero attached hydrogens (tertiary/aromatic N) is 2. The Hall–Kier alpha value is -0.880. The number of aromatic nitrogens is 2. The van der Waals surface area contributed by atoms with E-state index in [2.05, 4.69) is 10.2 Å². The van der Waals surface area contributed by atoms with E-state index < -0.39 is 10.0 Å². The molecule has 1 aliphatic heterocycles. The summed E-state index contributed by atoms with van der Waals surface area (Å²) in [5.41, 5.74) is 1.03. The summed E-state index contributed by atoms with van der Waals surface area (Å²) in [5.74, 6) is 0.260. The second-order valence-corrected chi connectivity index (χ2v) is 5.95. The average Bonchev–Trinajstić information content (AvgIpc) is 2.69. The fraction of sp³-hybridized carbons (Fsp3) is 0.667. The van der Waals surface area contributed by atoms with Crippen molar-refractivity contribution < 1.29 is 8.42 Å². The molecular weight excluding hydrogens is 214 g/mol. The quantitative estimate of drug-likeness (QED) is 0.805. The molecule has 6 heteroatoms. The van der Waals surface area contributed by atoms with Crippen molar-refractivity contribution in [2.45, 2.75) is 18.8 Å². The average molecular weight is 229 g/mol. The number of hydrogen-bond donors (Lipinski definition) is 1. The molecule has 1 saturated heterocycles. The van der Waals surface area contributed by atoms with E-state index in [1.165, 1.54) is 6.26 Å². The van der Waals surface area contributed by atoms with Crippen molar-refractivity contribution in [3.05, 3.63) is 18.0 Å². The van der Waals surface area contributed by atoms with Crippen LogP contribution in [0, 0.1) is 0 Å². The molecule has 0 bridgehead atoms. The molecule has 0 radical (unpaired) electrons. The maximum atomic E-state index is 11.4. The molecule has 1 N–H and O–H groups in total. The summed E-state index contributed by atoms with van der Waals surface area (Å²) >= 11 is 0. The van der Waals surface area contributed by atoms with Gasteiger partial charge < -0.3 is 0 Å². The molecule has 1 aromatic heterocycles. The number of rotatable bonds is 2. The van der Waals surface area contributed by atoms with E-state index >= 15 is 0 Å². The van der Waals surface area contributed by atoms with Crippen molar-refractivity contribution in [1.29, 1.82) is 0 Å². The second-order valence-electron chi connectivity index (χ2n) is 3.97. The van der Waals surface area contributed by atoms with Gasteiger partial charge in [0.15, 0.2) is 0 Å². The molecule has 0 aromatic carbocycles. The van der Waals surface area contributed by atoms with Crippen LogP contribution in [0.4, 0.5) is 0 Å². The van der Waals surface area contributed by atoms with Crippen LogP contribution >= 0.6 is 0 Å². The van der Waals surface area contributed by atoms with Gasteiger partial charge in [-0.2, -0.15) is 5.10 Å². The van der Waals surface area contributed by atoms with Crippen molar-refractivity contribution in [2.75, 3.05) is 19.3 Å². The zero-order valence-corrected chi connectivity index (χ0v) is 9.50. The molecule has 1 unspecified atom stereocenters. The molecule has 0 saturated carbocycles. The van der Waals surface area contributed by atoms with Gasteiger partial charge in [-0.05, 0) is 18.9 Å². The number of H-pyrrole nitrogens is 1. The van der Waals surface area contributed by atoms with Crippen LogP contribution in [0.2, 0.25) is 0 Å². The highest BCUT2D eigenvalue weighted by atomic mass is 32.2. The Kier molecular flexibility index (Phi) is 2.79. The lowest BCUT2D eigenvalue weighted by molar-refractivity contribution is 0.314. The van der Waals surface area contributed by atoms with E-state index in [4.69, 9.17) is 0 Å². The monoisotopic (exact) mass is 229 g/mol. The van der Waals surface area contributed by atoms with Crippen LogP contribution in [0.15, 0.2) is 12.3 Å². The fourth-order valence-electron chi connectivity index (χ4n) is 1.99. The lowest BCUT2D eigenvalue weighted by Crippen LogP contribution is -2.38. The van der Waals surface area contributed by atoms with Crippen LogP contribution in [0.1, 0.15) is 24.5 Å². The predicted octanol–water partition coefficient (Wildman–Crippen LogP) is 0.549. The molecule has 0 aliphatic carbocycles. The minimum Gasteiger partial charge on any atom is -0.282 e. The summed E-state index contributed by atoms with van der Waals surface area (Å²) in [6.07, 6.45) is 4.90. The van der Waals surface area contributed by atoms with Gasteiger partial charge in [-0.15, -0.1) is 0 Å². The third-order valence-electron chi connectivity index (χ3n) is 2.82. The van der Waals surface area contributed by atoms with Crippen LogP contribution < -0.4 is 0 Å². The van der Waals surface area contributed by atoms with Crippen molar-refractivity contribution >= 4 is 10.0 Å². The second kappa shape index (κ2) is 3.94. The minimum absolute atomic E-state index is 0.260. The van der Waals surface area contributed by atoms with E-state index in [1.807, 2.05) is 6.07 Å².